The fourth-order valence-electron chi connectivity index (χ4n) is 1.30. The standard InChI is InChI=1S/C11H25N3O2/c1-11(2,3)13-10(16)7-12-6-9(15)8-14(4)5/h9,12,15H,6-8H2,1-5H3,(H,13,16). The lowest BCUT2D eigenvalue weighted by Crippen LogP contribution is -2.46. The summed E-state index contributed by atoms with van der Waals surface area (Å²) in [5.74, 6) is -0.0513. The summed E-state index contributed by atoms with van der Waals surface area (Å²) in [6.07, 6.45) is -0.447. The Morgan fingerprint density at radius 1 is 1.38 bits per heavy atom. The summed E-state index contributed by atoms with van der Waals surface area (Å²) in [7, 11) is 3.80. The maximum atomic E-state index is 11.4. The van der Waals surface area contributed by atoms with Crippen molar-refractivity contribution >= 4 is 5.91 Å². The van der Waals surface area contributed by atoms with Gasteiger partial charge in [-0.3, -0.25) is 4.79 Å². The Balaban J connectivity index is 3.62. The molecule has 5 nitrogen and oxygen atoms in total. The van der Waals surface area contributed by atoms with Crippen molar-refractivity contribution in [1.29, 1.82) is 0 Å². The molecule has 0 spiro atoms. The number of rotatable bonds is 6. The average molecular weight is 231 g/mol. The van der Waals surface area contributed by atoms with Crippen LogP contribution in [0.25, 0.3) is 0 Å². The predicted molar refractivity (Wildman–Crippen MR) is 65.3 cm³/mol. The first-order chi connectivity index (χ1) is 7.20. The molecule has 0 bridgehead atoms. The van der Waals surface area contributed by atoms with Crippen LogP contribution in [0.2, 0.25) is 0 Å². The maximum Gasteiger partial charge on any atom is 0.234 e. The quantitative estimate of drug-likeness (QED) is 0.572. The van der Waals surface area contributed by atoms with Crippen molar-refractivity contribution in [3.05, 3.63) is 0 Å². The molecule has 1 unspecified atom stereocenters. The number of aliphatic hydroxyl groups excluding tert-OH is 1. The highest BCUT2D eigenvalue weighted by atomic mass is 16.3. The summed E-state index contributed by atoms with van der Waals surface area (Å²) in [6.45, 7) is 7.06. The van der Waals surface area contributed by atoms with Crippen molar-refractivity contribution in [1.82, 2.24) is 15.5 Å². The van der Waals surface area contributed by atoms with E-state index in [0.29, 0.717) is 13.1 Å². The summed E-state index contributed by atoms with van der Waals surface area (Å²) < 4.78 is 0. The summed E-state index contributed by atoms with van der Waals surface area (Å²) in [6, 6.07) is 0. The van der Waals surface area contributed by atoms with Gasteiger partial charge < -0.3 is 20.6 Å². The normalized spacial score (nSPS) is 13.9. The smallest absolute Gasteiger partial charge is 0.234 e. The van der Waals surface area contributed by atoms with Gasteiger partial charge in [0.15, 0.2) is 0 Å². The molecule has 16 heavy (non-hydrogen) atoms. The molecule has 0 saturated carbocycles. The van der Waals surface area contributed by atoms with Crippen LogP contribution in [-0.4, -0.2) is 61.3 Å². The van der Waals surface area contributed by atoms with Crippen LogP contribution in [0.4, 0.5) is 0 Å². The first kappa shape index (κ1) is 15.3. The van der Waals surface area contributed by atoms with E-state index in [1.165, 1.54) is 0 Å². The molecule has 0 aromatic rings. The summed E-state index contributed by atoms with van der Waals surface area (Å²) in [4.78, 5) is 13.3. The Morgan fingerprint density at radius 3 is 2.38 bits per heavy atom. The molecule has 5 heteroatoms. The molecule has 0 radical (unpaired) electrons. The lowest BCUT2D eigenvalue weighted by atomic mass is 10.1. The summed E-state index contributed by atoms with van der Waals surface area (Å²) >= 11 is 0. The molecule has 1 atom stereocenters. The number of nitrogens with one attached hydrogen (secondary N) is 2. The van der Waals surface area contributed by atoms with Crippen molar-refractivity contribution < 1.29 is 9.90 Å². The van der Waals surface area contributed by atoms with Gasteiger partial charge in [0.1, 0.15) is 0 Å². The van der Waals surface area contributed by atoms with Gasteiger partial charge in [0.2, 0.25) is 5.91 Å². The van der Waals surface area contributed by atoms with E-state index in [4.69, 9.17) is 0 Å². The lowest BCUT2D eigenvalue weighted by molar-refractivity contribution is -0.121. The predicted octanol–water partition coefficient (Wildman–Crippen LogP) is -0.587. The topological polar surface area (TPSA) is 64.6 Å². The molecular formula is C11H25N3O2. The second-order valence-electron chi connectivity index (χ2n) is 5.35. The number of carbonyl (C=O) groups excluding carboxylic acids is 1. The number of amides is 1. The third-order valence-electron chi connectivity index (χ3n) is 1.76. The van der Waals surface area contributed by atoms with Crippen LogP contribution in [0.5, 0.6) is 0 Å². The van der Waals surface area contributed by atoms with E-state index < -0.39 is 6.10 Å². The average Bonchev–Trinajstić information content (AvgIpc) is 1.98. The van der Waals surface area contributed by atoms with Gasteiger partial charge in [-0.15, -0.1) is 0 Å². The van der Waals surface area contributed by atoms with Gasteiger partial charge in [0.25, 0.3) is 0 Å². The second kappa shape index (κ2) is 6.83. The van der Waals surface area contributed by atoms with Crippen molar-refractivity contribution in [3.8, 4) is 0 Å². The first-order valence-electron chi connectivity index (χ1n) is 5.55. The minimum absolute atomic E-state index is 0.0513. The minimum Gasteiger partial charge on any atom is -0.390 e. The van der Waals surface area contributed by atoms with Crippen LogP contribution >= 0.6 is 0 Å². The van der Waals surface area contributed by atoms with Crippen molar-refractivity contribution in [2.45, 2.75) is 32.4 Å². The Hall–Kier alpha value is -0.650. The molecule has 3 N–H and O–H groups in total. The molecule has 0 aliphatic carbocycles. The second-order valence-corrected chi connectivity index (χ2v) is 5.35. The Labute approximate surface area is 98.2 Å². The molecule has 0 fully saturated rings. The molecule has 1 amide bonds. The van der Waals surface area contributed by atoms with E-state index in [1.54, 1.807) is 0 Å². The lowest BCUT2D eigenvalue weighted by Gasteiger charge is -2.21. The molecule has 96 valence electrons. The van der Waals surface area contributed by atoms with Gasteiger partial charge >= 0.3 is 0 Å². The zero-order chi connectivity index (χ0) is 12.8. The van der Waals surface area contributed by atoms with E-state index >= 15 is 0 Å². The van der Waals surface area contributed by atoms with Gasteiger partial charge in [0.05, 0.1) is 12.6 Å². The SMILES string of the molecule is CN(C)CC(O)CNCC(=O)NC(C)(C)C. The number of hydrogen-bond donors (Lipinski definition) is 3. The molecule has 0 aromatic carbocycles. The van der Waals surface area contributed by atoms with Crippen molar-refractivity contribution in [2.75, 3.05) is 33.7 Å². The molecule has 0 heterocycles. The monoisotopic (exact) mass is 231 g/mol. The fraction of sp³-hybridized carbons (Fsp3) is 0.909. The highest BCUT2D eigenvalue weighted by Crippen LogP contribution is 1.97. The van der Waals surface area contributed by atoms with E-state index in [1.807, 2.05) is 39.8 Å². The van der Waals surface area contributed by atoms with Gasteiger partial charge in [-0.05, 0) is 34.9 Å². The van der Waals surface area contributed by atoms with Crippen LogP contribution in [0.3, 0.4) is 0 Å². The summed E-state index contributed by atoms with van der Waals surface area (Å²) in [5.41, 5.74) is -0.207. The largest absolute Gasteiger partial charge is 0.390 e. The van der Waals surface area contributed by atoms with Crippen molar-refractivity contribution in [2.24, 2.45) is 0 Å². The molecular weight excluding hydrogens is 206 g/mol. The molecule has 0 aliphatic rings. The molecule has 0 rings (SSSR count). The van der Waals surface area contributed by atoms with Gasteiger partial charge in [-0.25, -0.2) is 0 Å². The molecule has 0 aromatic heterocycles. The maximum absolute atomic E-state index is 11.4. The Morgan fingerprint density at radius 2 is 1.94 bits per heavy atom. The van der Waals surface area contributed by atoms with Crippen molar-refractivity contribution in [3.63, 3.8) is 0 Å². The number of carbonyl (C=O) groups is 1. The highest BCUT2D eigenvalue weighted by molar-refractivity contribution is 5.78. The van der Waals surface area contributed by atoms with Crippen LogP contribution in [0.1, 0.15) is 20.8 Å². The summed E-state index contributed by atoms with van der Waals surface area (Å²) in [5, 5.41) is 15.3. The molecule has 0 aliphatic heterocycles. The van der Waals surface area contributed by atoms with E-state index in [2.05, 4.69) is 10.6 Å². The number of nitrogens with zero attached hydrogens (tertiary/aromatic N) is 1. The number of hydrogen-bond acceptors (Lipinski definition) is 4. The third-order valence-corrected chi connectivity index (χ3v) is 1.76. The number of aliphatic hydroxyl groups is 1. The Kier molecular flexibility index (Phi) is 6.55. The highest BCUT2D eigenvalue weighted by Gasteiger charge is 2.13. The zero-order valence-corrected chi connectivity index (χ0v) is 11.0. The Bertz CT molecular complexity index is 212. The van der Waals surface area contributed by atoms with E-state index in [0.717, 1.165) is 0 Å². The minimum atomic E-state index is -0.447. The van der Waals surface area contributed by atoms with Gasteiger partial charge in [0, 0.05) is 18.6 Å². The molecule has 0 saturated heterocycles. The van der Waals surface area contributed by atoms with Crippen LogP contribution < -0.4 is 10.6 Å². The number of likely N-dealkylation sites (N-methyl/N-ethyl adjacent to an activating group) is 1. The van der Waals surface area contributed by atoms with Gasteiger partial charge in [-0.2, -0.15) is 0 Å². The van der Waals surface area contributed by atoms with Crippen LogP contribution in [0.15, 0.2) is 0 Å². The van der Waals surface area contributed by atoms with Crippen LogP contribution in [-0.2, 0) is 4.79 Å². The van der Waals surface area contributed by atoms with E-state index in [-0.39, 0.29) is 18.0 Å². The van der Waals surface area contributed by atoms with Gasteiger partial charge in [-0.1, -0.05) is 0 Å². The van der Waals surface area contributed by atoms with E-state index in [9.17, 15) is 9.90 Å². The zero-order valence-electron chi connectivity index (χ0n) is 11.0. The van der Waals surface area contributed by atoms with Crippen LogP contribution in [0, 0.1) is 0 Å². The fourth-order valence-corrected chi connectivity index (χ4v) is 1.30. The third kappa shape index (κ3) is 9.89. The first-order valence-corrected chi connectivity index (χ1v) is 5.55.